The Balaban J connectivity index is 1.34. The molecule has 4 aromatic rings. The number of anilines is 1. The number of fused-ring (bicyclic) bond motifs is 1. The molecule has 0 unspecified atom stereocenters. The SMILES string of the molecule is COc1cccn(-c2ccc(CN3C(=O)[C@](O)([C@H](C)/C=C/CCn4cc(CCO)nn4)c4cc(Br)ccc43)cc2)c1=O. The van der Waals surface area contributed by atoms with E-state index < -0.39 is 17.4 Å². The van der Waals surface area contributed by atoms with Gasteiger partial charge in [-0.05, 0) is 54.4 Å². The highest BCUT2D eigenvalue weighted by Gasteiger charge is 2.52. The molecule has 3 heterocycles. The second-order valence-electron chi connectivity index (χ2n) is 10.2. The highest BCUT2D eigenvalue weighted by Crippen LogP contribution is 2.46. The first-order chi connectivity index (χ1) is 20.3. The fraction of sp³-hybridized carbons (Fsp3) is 0.290. The van der Waals surface area contributed by atoms with Crippen LogP contribution in [-0.4, -0.2) is 49.4 Å². The molecule has 2 aromatic heterocycles. The van der Waals surface area contributed by atoms with Crippen molar-refractivity contribution < 1.29 is 19.7 Å². The van der Waals surface area contributed by atoms with Gasteiger partial charge in [0.2, 0.25) is 0 Å². The average molecular weight is 635 g/mol. The summed E-state index contributed by atoms with van der Waals surface area (Å²) >= 11 is 3.49. The molecular formula is C31H32BrN5O5. The smallest absolute Gasteiger partial charge is 0.297 e. The number of benzene rings is 2. The van der Waals surface area contributed by atoms with E-state index in [-0.39, 0.29) is 24.5 Å². The van der Waals surface area contributed by atoms with Gasteiger partial charge in [0, 0.05) is 53.6 Å². The van der Waals surface area contributed by atoms with Crippen LogP contribution in [0.4, 0.5) is 5.69 Å². The number of rotatable bonds is 11. The lowest BCUT2D eigenvalue weighted by atomic mass is 9.83. The second kappa shape index (κ2) is 12.4. The molecular weight excluding hydrogens is 602 g/mol. The predicted octanol–water partition coefficient (Wildman–Crippen LogP) is 3.75. The molecule has 0 fully saturated rings. The molecule has 0 saturated carbocycles. The third kappa shape index (κ3) is 5.67. The fourth-order valence-corrected chi connectivity index (χ4v) is 5.54. The van der Waals surface area contributed by atoms with E-state index in [2.05, 4.69) is 26.2 Å². The topological polar surface area (TPSA) is 123 Å². The number of ether oxygens (including phenoxy) is 1. The number of aliphatic hydroxyl groups is 2. The summed E-state index contributed by atoms with van der Waals surface area (Å²) in [5.74, 6) is -0.656. The Bertz CT molecular complexity index is 1660. The Morgan fingerprint density at radius 1 is 1.14 bits per heavy atom. The summed E-state index contributed by atoms with van der Waals surface area (Å²) in [5, 5.41) is 29.1. The van der Waals surface area contributed by atoms with Gasteiger partial charge >= 0.3 is 0 Å². The Hall–Kier alpha value is -4.06. The number of carbonyl (C=O) groups excluding carboxylic acids is 1. The van der Waals surface area contributed by atoms with Gasteiger partial charge in [0.15, 0.2) is 11.4 Å². The van der Waals surface area contributed by atoms with E-state index in [1.54, 1.807) is 40.2 Å². The normalized spacial score (nSPS) is 17.2. The van der Waals surface area contributed by atoms with Crippen molar-refractivity contribution in [3.63, 3.8) is 0 Å². The first-order valence-corrected chi connectivity index (χ1v) is 14.4. The van der Waals surface area contributed by atoms with Crippen molar-refractivity contribution in [3.05, 3.63) is 111 Å². The van der Waals surface area contributed by atoms with Crippen LogP contribution in [-0.2, 0) is 29.9 Å². The van der Waals surface area contributed by atoms with Crippen LogP contribution in [0.1, 0.15) is 30.2 Å². The number of hydrogen-bond donors (Lipinski definition) is 2. The quantitative estimate of drug-likeness (QED) is 0.241. The standard InChI is InChI=1S/C31H32BrN5O5/c1-21(6-3-4-15-35-20-24(14-17-38)33-34-35)31(41)26-18-23(32)10-13-27(26)37(30(31)40)19-22-8-11-25(12-9-22)36-16-5-7-28(42-2)29(36)39/h3,5-13,16,18,20-21,38,41H,4,14-15,17,19H2,1-2H3/b6-3+/t21-,31+/m1/s1. The predicted molar refractivity (Wildman–Crippen MR) is 162 cm³/mol. The first kappa shape index (κ1) is 29.4. The summed E-state index contributed by atoms with van der Waals surface area (Å²) < 4.78 is 9.12. The molecule has 2 aromatic carbocycles. The summed E-state index contributed by atoms with van der Waals surface area (Å²) in [7, 11) is 1.46. The van der Waals surface area contributed by atoms with E-state index in [0.717, 1.165) is 15.7 Å². The minimum absolute atomic E-state index is 0.0211. The minimum Gasteiger partial charge on any atom is -0.491 e. The van der Waals surface area contributed by atoms with Gasteiger partial charge in [-0.15, -0.1) is 5.10 Å². The fourth-order valence-electron chi connectivity index (χ4n) is 5.18. The van der Waals surface area contributed by atoms with Gasteiger partial charge in [-0.25, -0.2) is 0 Å². The average Bonchev–Trinajstić information content (AvgIpc) is 3.52. The lowest BCUT2D eigenvalue weighted by Gasteiger charge is -2.27. The molecule has 5 rings (SSSR count). The van der Waals surface area contributed by atoms with Crippen LogP contribution in [0.3, 0.4) is 0 Å². The van der Waals surface area contributed by atoms with Gasteiger partial charge in [0.05, 0.1) is 25.0 Å². The monoisotopic (exact) mass is 633 g/mol. The van der Waals surface area contributed by atoms with Crippen molar-refractivity contribution >= 4 is 27.5 Å². The number of aliphatic hydroxyl groups excluding tert-OH is 1. The van der Waals surface area contributed by atoms with E-state index in [0.29, 0.717) is 36.3 Å². The van der Waals surface area contributed by atoms with E-state index in [1.807, 2.05) is 55.5 Å². The zero-order chi connectivity index (χ0) is 29.9. The minimum atomic E-state index is -1.75. The maximum Gasteiger partial charge on any atom is 0.297 e. The summed E-state index contributed by atoms with van der Waals surface area (Å²) in [5.41, 5.74) is 1.43. The Kier molecular flexibility index (Phi) is 8.72. The molecule has 1 aliphatic heterocycles. The summed E-state index contributed by atoms with van der Waals surface area (Å²) in [4.78, 5) is 28.1. The molecule has 2 N–H and O–H groups in total. The van der Waals surface area contributed by atoms with Crippen molar-refractivity contribution in [2.45, 2.75) is 38.5 Å². The zero-order valence-corrected chi connectivity index (χ0v) is 24.9. The van der Waals surface area contributed by atoms with Gasteiger partial charge in [-0.1, -0.05) is 52.4 Å². The lowest BCUT2D eigenvalue weighted by Crippen LogP contribution is -2.44. The molecule has 0 spiro atoms. The number of hydrogen-bond acceptors (Lipinski definition) is 7. The van der Waals surface area contributed by atoms with Crippen LogP contribution in [0.25, 0.3) is 5.69 Å². The van der Waals surface area contributed by atoms with Gasteiger partial charge in [0.25, 0.3) is 11.5 Å². The van der Waals surface area contributed by atoms with Crippen molar-refractivity contribution in [2.24, 2.45) is 5.92 Å². The number of allylic oxidation sites excluding steroid dienone is 1. The van der Waals surface area contributed by atoms with Crippen molar-refractivity contribution in [1.29, 1.82) is 0 Å². The van der Waals surface area contributed by atoms with Crippen LogP contribution in [0.15, 0.2) is 88.4 Å². The number of carbonyl (C=O) groups is 1. The third-order valence-corrected chi connectivity index (χ3v) is 7.97. The number of nitrogens with zero attached hydrogens (tertiary/aromatic N) is 5. The molecule has 218 valence electrons. The van der Waals surface area contributed by atoms with Gasteiger partial charge in [0.1, 0.15) is 0 Å². The van der Waals surface area contributed by atoms with Gasteiger partial charge in [-0.2, -0.15) is 0 Å². The molecule has 0 radical (unpaired) electrons. The van der Waals surface area contributed by atoms with Crippen LogP contribution in [0.2, 0.25) is 0 Å². The second-order valence-corrected chi connectivity index (χ2v) is 11.1. The zero-order valence-electron chi connectivity index (χ0n) is 23.4. The maximum absolute atomic E-state index is 13.9. The van der Waals surface area contributed by atoms with Crippen LogP contribution in [0, 0.1) is 5.92 Å². The summed E-state index contributed by atoms with van der Waals surface area (Å²) in [6, 6.07) is 16.2. The number of aromatic nitrogens is 4. The summed E-state index contributed by atoms with van der Waals surface area (Å²) in [6.45, 7) is 2.69. The van der Waals surface area contributed by atoms with Crippen LogP contribution in [0.5, 0.6) is 5.75 Å². The molecule has 1 amide bonds. The number of pyridine rings is 1. The molecule has 0 saturated heterocycles. The molecule has 0 bridgehead atoms. The number of halogens is 1. The molecule has 11 heteroatoms. The van der Waals surface area contributed by atoms with Gasteiger partial charge in [-0.3, -0.25) is 18.8 Å². The van der Waals surface area contributed by atoms with Crippen molar-refractivity contribution in [1.82, 2.24) is 19.6 Å². The Morgan fingerprint density at radius 2 is 1.93 bits per heavy atom. The number of methoxy groups -OCH3 is 1. The number of aryl methyl sites for hydroxylation is 1. The van der Waals surface area contributed by atoms with Crippen molar-refractivity contribution in [2.75, 3.05) is 18.6 Å². The number of amides is 1. The summed E-state index contributed by atoms with van der Waals surface area (Å²) in [6.07, 6.45) is 8.36. The Morgan fingerprint density at radius 3 is 2.67 bits per heavy atom. The molecule has 1 aliphatic rings. The molecule has 2 atom stereocenters. The van der Waals surface area contributed by atoms with E-state index in [1.165, 1.54) is 11.7 Å². The maximum atomic E-state index is 13.9. The van der Waals surface area contributed by atoms with E-state index in [4.69, 9.17) is 9.84 Å². The van der Waals surface area contributed by atoms with Gasteiger partial charge < -0.3 is 19.8 Å². The highest BCUT2D eigenvalue weighted by molar-refractivity contribution is 9.10. The first-order valence-electron chi connectivity index (χ1n) is 13.6. The molecule has 0 aliphatic carbocycles. The van der Waals surface area contributed by atoms with Crippen molar-refractivity contribution in [3.8, 4) is 11.4 Å². The van der Waals surface area contributed by atoms with Crippen LogP contribution >= 0.6 is 15.9 Å². The third-order valence-electron chi connectivity index (χ3n) is 7.48. The Labute approximate surface area is 251 Å². The van der Waals surface area contributed by atoms with Crippen LogP contribution < -0.4 is 15.2 Å². The largest absolute Gasteiger partial charge is 0.491 e. The molecule has 10 nitrogen and oxygen atoms in total. The lowest BCUT2D eigenvalue weighted by molar-refractivity contribution is -0.139. The van der Waals surface area contributed by atoms with E-state index in [9.17, 15) is 14.7 Å². The molecule has 42 heavy (non-hydrogen) atoms. The highest BCUT2D eigenvalue weighted by atomic mass is 79.9. The van der Waals surface area contributed by atoms with E-state index >= 15 is 0 Å².